The van der Waals surface area contributed by atoms with Crippen molar-refractivity contribution in [2.45, 2.75) is 26.2 Å². The molecule has 1 aliphatic carbocycles. The number of thiophene rings is 1. The quantitative estimate of drug-likeness (QED) is 0.715. The Hall–Kier alpha value is -2.06. The number of hydrogen-bond acceptors (Lipinski definition) is 6. The van der Waals surface area contributed by atoms with Gasteiger partial charge in [0.2, 0.25) is 5.82 Å². The van der Waals surface area contributed by atoms with Crippen molar-refractivity contribution in [3.63, 3.8) is 0 Å². The fraction of sp³-hybridized carbons (Fsp3) is 0.529. The van der Waals surface area contributed by atoms with E-state index in [0.717, 1.165) is 41.8 Å². The summed E-state index contributed by atoms with van der Waals surface area (Å²) in [5.74, 6) is 0.867. The number of nitrogens with one attached hydrogen (secondary N) is 1. The van der Waals surface area contributed by atoms with Crippen LogP contribution in [0.2, 0.25) is 0 Å². The van der Waals surface area contributed by atoms with E-state index in [1.807, 2.05) is 4.90 Å². The summed E-state index contributed by atoms with van der Waals surface area (Å²) in [5, 5.41) is 8.78. The van der Waals surface area contributed by atoms with Crippen LogP contribution in [0.4, 0.5) is 0 Å². The van der Waals surface area contributed by atoms with Gasteiger partial charge in [0.05, 0.1) is 5.39 Å². The third-order valence-corrected chi connectivity index (χ3v) is 6.42. The summed E-state index contributed by atoms with van der Waals surface area (Å²) >= 11 is 1.77. The van der Waals surface area contributed by atoms with Gasteiger partial charge < -0.3 is 10.2 Å². The van der Waals surface area contributed by atoms with Gasteiger partial charge >= 0.3 is 0 Å². The molecule has 1 N–H and O–H groups in total. The summed E-state index contributed by atoms with van der Waals surface area (Å²) in [5.41, 5.74) is 2.14. The molecule has 0 spiro atoms. The van der Waals surface area contributed by atoms with E-state index >= 15 is 0 Å². The minimum absolute atomic E-state index is 0.0872. The van der Waals surface area contributed by atoms with Crippen molar-refractivity contribution in [3.05, 3.63) is 22.6 Å². The minimum Gasteiger partial charge on any atom is -0.333 e. The number of hydrogen-bond donors (Lipinski definition) is 1. The predicted molar refractivity (Wildman–Crippen MR) is 96.1 cm³/mol. The van der Waals surface area contributed by atoms with Crippen molar-refractivity contribution in [1.82, 2.24) is 29.8 Å². The van der Waals surface area contributed by atoms with E-state index < -0.39 is 0 Å². The van der Waals surface area contributed by atoms with E-state index in [1.165, 1.54) is 16.9 Å². The average Bonchev–Trinajstić information content (AvgIpc) is 3.22. The van der Waals surface area contributed by atoms with Crippen molar-refractivity contribution in [2.75, 3.05) is 26.2 Å². The Bertz CT molecular complexity index is 970. The molecule has 0 radical (unpaired) electrons. The molecule has 1 amide bonds. The zero-order chi connectivity index (χ0) is 17.0. The third kappa shape index (κ3) is 2.43. The number of amides is 1. The molecule has 5 rings (SSSR count). The SMILES string of the molecule is C[C@@H]1CCc2sc3ncn4nc(C(=O)N5CCNCC5)nc4c3c2C1. The Morgan fingerprint density at radius 2 is 2.20 bits per heavy atom. The first-order valence-corrected chi connectivity index (χ1v) is 9.68. The molecule has 1 saturated heterocycles. The van der Waals surface area contributed by atoms with Crippen molar-refractivity contribution in [1.29, 1.82) is 0 Å². The molecule has 0 unspecified atom stereocenters. The van der Waals surface area contributed by atoms with Gasteiger partial charge in [-0.2, -0.15) is 0 Å². The lowest BCUT2D eigenvalue weighted by molar-refractivity contribution is 0.0723. The Morgan fingerprint density at radius 1 is 1.36 bits per heavy atom. The van der Waals surface area contributed by atoms with Crippen molar-refractivity contribution < 1.29 is 4.79 Å². The molecule has 8 heteroatoms. The molecular weight excluding hydrogens is 336 g/mol. The number of rotatable bonds is 1. The first-order chi connectivity index (χ1) is 12.2. The third-order valence-electron chi connectivity index (χ3n) is 5.22. The molecule has 2 aliphatic rings. The maximum absolute atomic E-state index is 12.7. The van der Waals surface area contributed by atoms with E-state index in [4.69, 9.17) is 0 Å². The van der Waals surface area contributed by atoms with Gasteiger partial charge in [-0.3, -0.25) is 4.79 Å². The molecule has 0 saturated carbocycles. The summed E-state index contributed by atoms with van der Waals surface area (Å²) in [6.45, 7) is 5.34. The summed E-state index contributed by atoms with van der Waals surface area (Å²) < 4.78 is 1.67. The first-order valence-electron chi connectivity index (χ1n) is 8.86. The highest BCUT2D eigenvalue weighted by Gasteiger charge is 2.26. The molecule has 1 fully saturated rings. The molecule has 3 aromatic rings. The highest BCUT2D eigenvalue weighted by Crippen LogP contribution is 2.38. The number of carbonyl (C=O) groups excluding carboxylic acids is 1. The maximum atomic E-state index is 12.7. The average molecular weight is 356 g/mol. The lowest BCUT2D eigenvalue weighted by Crippen LogP contribution is -2.46. The molecule has 0 aromatic carbocycles. The second kappa shape index (κ2) is 5.74. The topological polar surface area (TPSA) is 75.4 Å². The van der Waals surface area contributed by atoms with Crippen LogP contribution in [0.5, 0.6) is 0 Å². The zero-order valence-corrected chi connectivity index (χ0v) is 15.0. The normalized spacial score (nSPS) is 21.0. The zero-order valence-electron chi connectivity index (χ0n) is 14.2. The Labute approximate surface area is 149 Å². The van der Waals surface area contributed by atoms with Crippen molar-refractivity contribution >= 4 is 33.1 Å². The molecule has 7 nitrogen and oxygen atoms in total. The van der Waals surface area contributed by atoms with Crippen molar-refractivity contribution in [2.24, 2.45) is 5.92 Å². The van der Waals surface area contributed by atoms with Gasteiger partial charge in [0.25, 0.3) is 5.91 Å². The van der Waals surface area contributed by atoms with Crippen LogP contribution in [0, 0.1) is 5.92 Å². The van der Waals surface area contributed by atoms with Gasteiger partial charge in [-0.1, -0.05) is 6.92 Å². The smallest absolute Gasteiger partial charge is 0.293 e. The second-order valence-corrected chi connectivity index (χ2v) is 8.11. The molecule has 4 heterocycles. The number of aryl methyl sites for hydroxylation is 1. The van der Waals surface area contributed by atoms with Gasteiger partial charge in [-0.05, 0) is 30.7 Å². The van der Waals surface area contributed by atoms with E-state index in [1.54, 1.807) is 22.2 Å². The summed E-state index contributed by atoms with van der Waals surface area (Å²) in [6, 6.07) is 0. The summed E-state index contributed by atoms with van der Waals surface area (Å²) in [4.78, 5) is 26.2. The highest BCUT2D eigenvalue weighted by atomic mass is 32.1. The van der Waals surface area contributed by atoms with Crippen LogP contribution in [0.3, 0.4) is 0 Å². The van der Waals surface area contributed by atoms with Crippen molar-refractivity contribution in [3.8, 4) is 0 Å². The molecule has 3 aromatic heterocycles. The lowest BCUT2D eigenvalue weighted by Gasteiger charge is -2.26. The lowest BCUT2D eigenvalue weighted by atomic mass is 9.89. The van der Waals surface area contributed by atoms with Gasteiger partial charge in [-0.15, -0.1) is 16.4 Å². The molecule has 130 valence electrons. The van der Waals surface area contributed by atoms with Crippen LogP contribution >= 0.6 is 11.3 Å². The van der Waals surface area contributed by atoms with E-state index in [0.29, 0.717) is 19.0 Å². The Balaban J connectivity index is 1.63. The number of piperazine rings is 1. The van der Waals surface area contributed by atoms with Crippen LogP contribution in [-0.2, 0) is 12.8 Å². The largest absolute Gasteiger partial charge is 0.333 e. The molecule has 25 heavy (non-hydrogen) atoms. The van der Waals surface area contributed by atoms with Gasteiger partial charge in [0.1, 0.15) is 11.2 Å². The van der Waals surface area contributed by atoms with Crippen LogP contribution in [0.1, 0.15) is 34.4 Å². The van der Waals surface area contributed by atoms with Crippen LogP contribution in [0.15, 0.2) is 6.33 Å². The first kappa shape index (κ1) is 15.2. The van der Waals surface area contributed by atoms with E-state index in [-0.39, 0.29) is 11.7 Å². The molecule has 0 bridgehead atoms. The van der Waals surface area contributed by atoms with Gasteiger partial charge in [-0.25, -0.2) is 14.5 Å². The summed E-state index contributed by atoms with van der Waals surface area (Å²) in [6.07, 6.45) is 5.09. The van der Waals surface area contributed by atoms with E-state index in [9.17, 15) is 4.79 Å². The fourth-order valence-electron chi connectivity index (χ4n) is 3.85. The van der Waals surface area contributed by atoms with Crippen LogP contribution < -0.4 is 5.32 Å². The molecule has 1 aliphatic heterocycles. The fourth-order valence-corrected chi connectivity index (χ4v) is 5.02. The number of carbonyl (C=O) groups is 1. The summed E-state index contributed by atoms with van der Waals surface area (Å²) in [7, 11) is 0. The maximum Gasteiger partial charge on any atom is 0.293 e. The number of aromatic nitrogens is 4. The predicted octanol–water partition coefficient (Wildman–Crippen LogP) is 1.51. The number of nitrogens with zero attached hydrogens (tertiary/aromatic N) is 5. The van der Waals surface area contributed by atoms with Gasteiger partial charge in [0, 0.05) is 31.1 Å². The van der Waals surface area contributed by atoms with Gasteiger partial charge in [0.15, 0.2) is 5.65 Å². The minimum atomic E-state index is -0.0872. The molecule has 1 atom stereocenters. The second-order valence-electron chi connectivity index (χ2n) is 7.02. The van der Waals surface area contributed by atoms with E-state index in [2.05, 4.69) is 27.3 Å². The number of fused-ring (bicyclic) bond motifs is 5. The van der Waals surface area contributed by atoms with Crippen LogP contribution in [0.25, 0.3) is 15.9 Å². The Morgan fingerprint density at radius 3 is 3.04 bits per heavy atom. The Kier molecular flexibility index (Phi) is 3.49. The highest BCUT2D eigenvalue weighted by molar-refractivity contribution is 7.19. The standard InChI is InChI=1S/C17H20N6OS/c1-10-2-3-12-11(8-10)13-15-20-14(17(24)22-6-4-18-5-7-22)21-23(15)9-19-16(13)25-12/h9-10,18H,2-8H2,1H3/t10-/m1/s1. The molecular formula is C17H20N6OS. The van der Waals surface area contributed by atoms with Crippen LogP contribution in [-0.4, -0.2) is 56.6 Å². The monoisotopic (exact) mass is 356 g/mol.